The van der Waals surface area contributed by atoms with E-state index in [0.717, 1.165) is 63.0 Å². The average molecular weight is 542 g/mol. The second kappa shape index (κ2) is 13.1. The highest BCUT2D eigenvalue weighted by Crippen LogP contribution is 2.51. The highest BCUT2D eigenvalue weighted by molar-refractivity contribution is 8.22. The van der Waals surface area contributed by atoms with Crippen molar-refractivity contribution in [2.24, 2.45) is 0 Å². The molecule has 0 unspecified atom stereocenters. The van der Waals surface area contributed by atoms with Crippen LogP contribution in [0.25, 0.3) is 11.1 Å². The van der Waals surface area contributed by atoms with Gasteiger partial charge in [0.25, 0.3) is 0 Å². The number of hydrogen-bond acceptors (Lipinski definition) is 4. The van der Waals surface area contributed by atoms with Crippen molar-refractivity contribution in [2.75, 3.05) is 18.9 Å². The van der Waals surface area contributed by atoms with Gasteiger partial charge in [-0.15, -0.1) is 18.2 Å². The van der Waals surface area contributed by atoms with Crippen LogP contribution in [0.5, 0.6) is 5.75 Å². The first kappa shape index (κ1) is 28.0. The van der Waals surface area contributed by atoms with Gasteiger partial charge in [0.1, 0.15) is 11.2 Å². The normalized spacial score (nSPS) is 12.8. The first-order valence-corrected chi connectivity index (χ1v) is 15.1. The number of benzene rings is 3. The standard InChI is InChI=1S/C33H35NO2S2/c1-5-21-34-32(35)33(29-16-10-8-14-27(29)28-15-9-11-17-30(28)33)20-12-13-22-37-24(4)38-31-23-26(36-7-3)19-18-25(31)6-2/h2,8-11,14-19,23H,4-5,7,12-13,20-22H2,1,3H3,(H,34,35). The van der Waals surface area contributed by atoms with Gasteiger partial charge in [0.05, 0.1) is 6.61 Å². The van der Waals surface area contributed by atoms with Gasteiger partial charge >= 0.3 is 0 Å². The lowest BCUT2D eigenvalue weighted by molar-refractivity contribution is -0.125. The molecule has 0 heterocycles. The van der Waals surface area contributed by atoms with Gasteiger partial charge in [0.2, 0.25) is 5.91 Å². The molecule has 1 aliphatic carbocycles. The number of ether oxygens (including phenoxy) is 1. The van der Waals surface area contributed by atoms with E-state index in [1.807, 2.05) is 25.1 Å². The zero-order valence-corrected chi connectivity index (χ0v) is 23.9. The van der Waals surface area contributed by atoms with Crippen LogP contribution < -0.4 is 10.1 Å². The van der Waals surface area contributed by atoms with Gasteiger partial charge < -0.3 is 10.1 Å². The third-order valence-electron chi connectivity index (χ3n) is 6.84. The van der Waals surface area contributed by atoms with E-state index < -0.39 is 5.41 Å². The summed E-state index contributed by atoms with van der Waals surface area (Å²) in [6.07, 6.45) is 9.31. The Bertz CT molecular complexity index is 1300. The van der Waals surface area contributed by atoms with E-state index in [4.69, 9.17) is 11.2 Å². The Kier molecular flexibility index (Phi) is 9.66. The van der Waals surface area contributed by atoms with Gasteiger partial charge in [-0.05, 0) is 72.4 Å². The Labute approximate surface area is 235 Å². The van der Waals surface area contributed by atoms with Crippen molar-refractivity contribution < 1.29 is 9.53 Å². The van der Waals surface area contributed by atoms with Crippen molar-refractivity contribution in [1.82, 2.24) is 5.32 Å². The van der Waals surface area contributed by atoms with Crippen LogP contribution in [-0.4, -0.2) is 24.8 Å². The quantitative estimate of drug-likeness (QED) is 0.135. The number of unbranched alkanes of at least 4 members (excludes halogenated alkanes) is 1. The Balaban J connectivity index is 1.43. The number of thioether (sulfide) groups is 2. The van der Waals surface area contributed by atoms with Crippen LogP contribution in [0.15, 0.2) is 82.4 Å². The molecule has 1 amide bonds. The summed E-state index contributed by atoms with van der Waals surface area (Å²) >= 11 is 3.34. The zero-order valence-electron chi connectivity index (χ0n) is 22.2. The van der Waals surface area contributed by atoms with Gasteiger partial charge in [0.15, 0.2) is 0 Å². The van der Waals surface area contributed by atoms with E-state index in [-0.39, 0.29) is 5.91 Å². The molecule has 4 rings (SSSR count). The molecule has 0 spiro atoms. The third-order valence-corrected chi connectivity index (χ3v) is 9.04. The van der Waals surface area contributed by atoms with Crippen LogP contribution in [0, 0.1) is 12.3 Å². The molecule has 38 heavy (non-hydrogen) atoms. The fraction of sp³-hybridized carbons (Fsp3) is 0.303. The first-order valence-electron chi connectivity index (χ1n) is 13.3. The lowest BCUT2D eigenvalue weighted by atomic mass is 9.73. The topological polar surface area (TPSA) is 38.3 Å². The summed E-state index contributed by atoms with van der Waals surface area (Å²) in [4.78, 5) is 14.8. The SMILES string of the molecule is C#Cc1ccc(OCC)cc1SC(=C)SCCCCC1(C(=O)NCCC)c2ccccc2-c2ccccc21. The van der Waals surface area contributed by atoms with E-state index in [9.17, 15) is 4.79 Å². The van der Waals surface area contributed by atoms with Gasteiger partial charge in [-0.1, -0.05) is 86.1 Å². The molecule has 3 aromatic carbocycles. The van der Waals surface area contributed by atoms with Crippen molar-refractivity contribution in [2.45, 2.75) is 49.8 Å². The molecule has 3 nitrogen and oxygen atoms in total. The van der Waals surface area contributed by atoms with Crippen molar-refractivity contribution >= 4 is 29.4 Å². The minimum atomic E-state index is -0.653. The molecule has 0 bridgehead atoms. The second-order valence-electron chi connectivity index (χ2n) is 9.27. The molecule has 5 heteroatoms. The van der Waals surface area contributed by atoms with Gasteiger partial charge in [-0.25, -0.2) is 0 Å². The third kappa shape index (κ3) is 5.82. The number of rotatable bonds is 13. The fourth-order valence-corrected chi connectivity index (χ4v) is 7.12. The van der Waals surface area contributed by atoms with Gasteiger partial charge in [0, 0.05) is 21.2 Å². The largest absolute Gasteiger partial charge is 0.494 e. The highest BCUT2D eigenvalue weighted by atomic mass is 32.2. The molecular formula is C33H35NO2S2. The second-order valence-corrected chi connectivity index (χ2v) is 11.9. The predicted molar refractivity (Wildman–Crippen MR) is 163 cm³/mol. The molecule has 0 aromatic heterocycles. The Morgan fingerprint density at radius 1 is 1.03 bits per heavy atom. The number of terminal acetylenes is 1. The minimum Gasteiger partial charge on any atom is -0.494 e. The smallest absolute Gasteiger partial charge is 0.235 e. The molecule has 196 valence electrons. The number of amides is 1. The van der Waals surface area contributed by atoms with Crippen LogP contribution in [0.4, 0.5) is 0 Å². The van der Waals surface area contributed by atoms with Crippen molar-refractivity contribution in [3.8, 4) is 29.2 Å². The van der Waals surface area contributed by atoms with Crippen LogP contribution in [0.3, 0.4) is 0 Å². The summed E-state index contributed by atoms with van der Waals surface area (Å²) in [6.45, 7) is 9.62. The zero-order chi connectivity index (χ0) is 27.0. The van der Waals surface area contributed by atoms with Crippen molar-refractivity contribution in [3.63, 3.8) is 0 Å². The monoisotopic (exact) mass is 541 g/mol. The fourth-order valence-electron chi connectivity index (χ4n) is 5.14. The number of nitrogens with one attached hydrogen (secondary N) is 1. The first-order chi connectivity index (χ1) is 18.5. The number of carbonyl (C=O) groups excluding carboxylic acids is 1. The molecule has 1 N–H and O–H groups in total. The molecule has 1 aliphatic rings. The van der Waals surface area contributed by atoms with Crippen molar-refractivity contribution in [3.05, 3.63) is 94.2 Å². The highest BCUT2D eigenvalue weighted by Gasteiger charge is 2.48. The Hall–Kier alpha value is -3.07. The maximum absolute atomic E-state index is 13.8. The van der Waals surface area contributed by atoms with E-state index >= 15 is 0 Å². The number of fused-ring (bicyclic) bond motifs is 3. The molecule has 0 saturated heterocycles. The molecule has 3 aromatic rings. The molecule has 0 atom stereocenters. The number of carbonyl (C=O) groups is 1. The molecule has 0 saturated carbocycles. The maximum Gasteiger partial charge on any atom is 0.235 e. The summed E-state index contributed by atoms with van der Waals surface area (Å²) in [7, 11) is 0. The van der Waals surface area contributed by atoms with Crippen molar-refractivity contribution in [1.29, 1.82) is 0 Å². The lowest BCUT2D eigenvalue weighted by Gasteiger charge is -2.31. The van der Waals surface area contributed by atoms with Gasteiger partial charge in [-0.3, -0.25) is 4.79 Å². The Morgan fingerprint density at radius 3 is 2.34 bits per heavy atom. The molecule has 0 radical (unpaired) electrons. The molecule has 0 aliphatic heterocycles. The molecule has 0 fully saturated rings. The van der Waals surface area contributed by atoms with E-state index in [1.165, 1.54) is 11.1 Å². The summed E-state index contributed by atoms with van der Waals surface area (Å²) in [6, 6.07) is 22.6. The van der Waals surface area contributed by atoms with Crippen LogP contribution in [-0.2, 0) is 10.2 Å². The summed E-state index contributed by atoms with van der Waals surface area (Å²) < 4.78 is 6.64. The van der Waals surface area contributed by atoms with E-state index in [2.05, 4.69) is 73.3 Å². The van der Waals surface area contributed by atoms with Crippen LogP contribution in [0.1, 0.15) is 56.2 Å². The summed E-state index contributed by atoms with van der Waals surface area (Å²) in [5.74, 6) is 4.61. The Morgan fingerprint density at radius 2 is 1.71 bits per heavy atom. The van der Waals surface area contributed by atoms with E-state index in [1.54, 1.807) is 23.5 Å². The van der Waals surface area contributed by atoms with E-state index in [0.29, 0.717) is 13.2 Å². The summed E-state index contributed by atoms with van der Waals surface area (Å²) in [5.41, 5.74) is 4.79. The maximum atomic E-state index is 13.8. The average Bonchev–Trinajstić information content (AvgIpc) is 3.23. The van der Waals surface area contributed by atoms with Crippen LogP contribution >= 0.6 is 23.5 Å². The molecular weight excluding hydrogens is 507 g/mol. The van der Waals surface area contributed by atoms with Gasteiger partial charge in [-0.2, -0.15) is 0 Å². The minimum absolute atomic E-state index is 0.111. The summed E-state index contributed by atoms with van der Waals surface area (Å²) in [5, 5.41) is 3.22. The predicted octanol–water partition coefficient (Wildman–Crippen LogP) is 8.03. The lowest BCUT2D eigenvalue weighted by Crippen LogP contribution is -2.44. The van der Waals surface area contributed by atoms with Crippen LogP contribution in [0.2, 0.25) is 0 Å². The number of hydrogen-bond donors (Lipinski definition) is 1.